The molecule has 1 fully saturated rings. The van der Waals surface area contributed by atoms with Crippen LogP contribution in [0.15, 0.2) is 0 Å². The molecule has 0 aliphatic carbocycles. The zero-order valence-electron chi connectivity index (χ0n) is 4.45. The monoisotopic (exact) mass is 114 g/mol. The van der Waals surface area contributed by atoms with Crippen LogP contribution in [-0.4, -0.2) is 18.8 Å². The van der Waals surface area contributed by atoms with E-state index in [0.29, 0.717) is 13.0 Å². The largest absolute Gasteiger partial charge is 0.312 e. The maximum atomic E-state index is 12.6. The molecule has 0 unspecified atom stereocenters. The molecule has 0 radical (unpaired) electrons. The van der Waals surface area contributed by atoms with Gasteiger partial charge in [0.15, 0.2) is 0 Å². The molecule has 0 spiro atoms. The van der Waals surface area contributed by atoms with Crippen LogP contribution in [0.25, 0.3) is 0 Å². The van der Waals surface area contributed by atoms with E-state index >= 15 is 0 Å². The first-order chi connectivity index (χ1) is 3.77. The topological polar surface area (TPSA) is 35.8 Å². The van der Waals surface area contributed by atoms with Crippen LogP contribution in [0.1, 0.15) is 6.42 Å². The Labute approximate surface area is 47.3 Å². The van der Waals surface area contributed by atoms with Crippen LogP contribution in [-0.2, 0) is 0 Å². The summed E-state index contributed by atoms with van der Waals surface area (Å²) in [6.45, 7) is 0.827. The predicted octanol–water partition coefficient (Wildman–Crippen LogP) is 0.212. The molecule has 1 rings (SSSR count). The van der Waals surface area contributed by atoms with E-state index < -0.39 is 5.67 Å². The van der Waals surface area contributed by atoms with Gasteiger partial charge < -0.3 is 5.32 Å². The molecule has 0 bridgehead atoms. The molecule has 44 valence electrons. The van der Waals surface area contributed by atoms with Crippen molar-refractivity contribution < 1.29 is 4.39 Å². The Morgan fingerprint density at radius 1 is 1.75 bits per heavy atom. The Bertz CT molecular complexity index is 121. The first kappa shape index (κ1) is 5.52. The van der Waals surface area contributed by atoms with Gasteiger partial charge >= 0.3 is 0 Å². The van der Waals surface area contributed by atoms with E-state index in [4.69, 9.17) is 5.26 Å². The summed E-state index contributed by atoms with van der Waals surface area (Å²) in [5, 5.41) is 10.9. The quantitative estimate of drug-likeness (QED) is 0.488. The van der Waals surface area contributed by atoms with Crippen LogP contribution in [0.5, 0.6) is 0 Å². The highest BCUT2D eigenvalue weighted by atomic mass is 19.1. The minimum Gasteiger partial charge on any atom is -0.312 e. The second-order valence-corrected chi connectivity index (χ2v) is 2.00. The van der Waals surface area contributed by atoms with Crippen LogP contribution in [0.2, 0.25) is 0 Å². The van der Waals surface area contributed by atoms with Gasteiger partial charge in [-0.15, -0.1) is 0 Å². The van der Waals surface area contributed by atoms with Crippen molar-refractivity contribution in [1.29, 1.82) is 5.26 Å². The number of hydrogen-bond donors (Lipinski definition) is 1. The maximum absolute atomic E-state index is 12.6. The SMILES string of the molecule is N#C[C@]1(F)CCNC1. The summed E-state index contributed by atoms with van der Waals surface area (Å²) in [7, 11) is 0. The molecule has 8 heavy (non-hydrogen) atoms. The summed E-state index contributed by atoms with van der Waals surface area (Å²) in [5.74, 6) is 0. The number of nitrogens with zero attached hydrogens (tertiary/aromatic N) is 1. The third-order valence-corrected chi connectivity index (χ3v) is 1.30. The van der Waals surface area contributed by atoms with Crippen molar-refractivity contribution in [3.05, 3.63) is 0 Å². The lowest BCUT2D eigenvalue weighted by atomic mass is 10.1. The summed E-state index contributed by atoms with van der Waals surface area (Å²) in [6.07, 6.45) is 0.337. The molecule has 1 aliphatic rings. The first-order valence-electron chi connectivity index (χ1n) is 2.58. The molecule has 0 saturated carbocycles. The highest BCUT2D eigenvalue weighted by Gasteiger charge is 2.32. The van der Waals surface area contributed by atoms with E-state index in [1.165, 1.54) is 0 Å². The number of hydrogen-bond acceptors (Lipinski definition) is 2. The second-order valence-electron chi connectivity index (χ2n) is 2.00. The normalized spacial score (nSPS) is 37.0. The first-order valence-corrected chi connectivity index (χ1v) is 2.58. The Balaban J connectivity index is 2.56. The lowest BCUT2D eigenvalue weighted by Crippen LogP contribution is -2.22. The van der Waals surface area contributed by atoms with Gasteiger partial charge in [0.1, 0.15) is 6.07 Å². The van der Waals surface area contributed by atoms with Crippen LogP contribution in [0, 0.1) is 11.3 Å². The van der Waals surface area contributed by atoms with Gasteiger partial charge in [-0.1, -0.05) is 0 Å². The molecule has 1 saturated heterocycles. The molecule has 1 atom stereocenters. The van der Waals surface area contributed by atoms with Gasteiger partial charge in [-0.25, -0.2) is 4.39 Å². The standard InChI is InChI=1S/C5H7FN2/c6-5(3-7)1-2-8-4-5/h8H,1-2,4H2/t5-/m1/s1. The Kier molecular flexibility index (Phi) is 1.18. The van der Waals surface area contributed by atoms with Crippen molar-refractivity contribution in [2.24, 2.45) is 0 Å². The predicted molar refractivity (Wildman–Crippen MR) is 26.9 cm³/mol. The Morgan fingerprint density at radius 3 is 2.75 bits per heavy atom. The van der Waals surface area contributed by atoms with Crippen LogP contribution in [0.3, 0.4) is 0 Å². The smallest absolute Gasteiger partial charge is 0.209 e. The summed E-state index contributed by atoms with van der Waals surface area (Å²) >= 11 is 0. The summed E-state index contributed by atoms with van der Waals surface area (Å²) in [6, 6.07) is 1.61. The Hall–Kier alpha value is -0.620. The van der Waals surface area contributed by atoms with E-state index in [1.807, 2.05) is 0 Å². The van der Waals surface area contributed by atoms with Crippen LogP contribution >= 0.6 is 0 Å². The molecule has 1 N–H and O–H groups in total. The van der Waals surface area contributed by atoms with Crippen LogP contribution in [0.4, 0.5) is 4.39 Å². The van der Waals surface area contributed by atoms with Gasteiger partial charge in [0.2, 0.25) is 5.67 Å². The Morgan fingerprint density at radius 2 is 2.50 bits per heavy atom. The summed E-state index contributed by atoms with van der Waals surface area (Å²) in [4.78, 5) is 0. The molecular weight excluding hydrogens is 107 g/mol. The fourth-order valence-corrected chi connectivity index (χ4v) is 0.757. The van der Waals surface area contributed by atoms with Crippen LogP contribution < -0.4 is 5.32 Å². The van der Waals surface area contributed by atoms with Gasteiger partial charge in [-0.05, 0) is 6.54 Å². The number of halogens is 1. The number of nitrogens with one attached hydrogen (secondary N) is 1. The van der Waals surface area contributed by atoms with E-state index in [0.717, 1.165) is 0 Å². The summed E-state index contributed by atoms with van der Waals surface area (Å²) < 4.78 is 12.6. The average molecular weight is 114 g/mol. The molecule has 0 aromatic rings. The molecule has 0 amide bonds. The lowest BCUT2D eigenvalue weighted by molar-refractivity contribution is 0.268. The van der Waals surface area contributed by atoms with Crippen molar-refractivity contribution in [2.45, 2.75) is 12.1 Å². The van der Waals surface area contributed by atoms with Gasteiger partial charge in [-0.3, -0.25) is 0 Å². The third-order valence-electron chi connectivity index (χ3n) is 1.30. The molecule has 2 nitrogen and oxygen atoms in total. The van der Waals surface area contributed by atoms with Gasteiger partial charge in [0, 0.05) is 13.0 Å². The zero-order valence-corrected chi connectivity index (χ0v) is 4.45. The van der Waals surface area contributed by atoms with Crippen molar-refractivity contribution >= 4 is 0 Å². The zero-order chi connectivity index (χ0) is 6.04. The van der Waals surface area contributed by atoms with Crippen molar-refractivity contribution in [2.75, 3.05) is 13.1 Å². The minimum atomic E-state index is -1.57. The van der Waals surface area contributed by atoms with Crippen molar-refractivity contribution in [1.82, 2.24) is 5.32 Å². The highest BCUT2D eigenvalue weighted by molar-refractivity contribution is 5.05. The van der Waals surface area contributed by atoms with Crippen molar-refractivity contribution in [3.8, 4) is 6.07 Å². The third kappa shape index (κ3) is 0.797. The molecule has 0 aromatic carbocycles. The fraction of sp³-hybridized carbons (Fsp3) is 0.800. The van der Waals surface area contributed by atoms with E-state index in [1.54, 1.807) is 6.07 Å². The average Bonchev–Trinajstić information content (AvgIpc) is 2.17. The van der Waals surface area contributed by atoms with Gasteiger partial charge in [0.25, 0.3) is 0 Å². The molecule has 1 heterocycles. The number of rotatable bonds is 0. The molecule has 0 aromatic heterocycles. The number of alkyl halides is 1. The minimum absolute atomic E-state index is 0.198. The lowest BCUT2D eigenvalue weighted by Gasteiger charge is -2.03. The van der Waals surface area contributed by atoms with E-state index in [9.17, 15) is 4.39 Å². The van der Waals surface area contributed by atoms with Gasteiger partial charge in [0.05, 0.1) is 0 Å². The molecule has 3 heteroatoms. The highest BCUT2D eigenvalue weighted by Crippen LogP contribution is 2.17. The van der Waals surface area contributed by atoms with E-state index in [-0.39, 0.29) is 6.54 Å². The molecular formula is C5H7FN2. The second kappa shape index (κ2) is 1.71. The van der Waals surface area contributed by atoms with Gasteiger partial charge in [-0.2, -0.15) is 5.26 Å². The van der Waals surface area contributed by atoms with E-state index in [2.05, 4.69) is 5.32 Å². The molecule has 1 aliphatic heterocycles. The fourth-order valence-electron chi connectivity index (χ4n) is 0.757. The summed E-state index contributed by atoms with van der Waals surface area (Å²) in [5.41, 5.74) is -1.57. The number of nitriles is 1. The van der Waals surface area contributed by atoms with Crippen molar-refractivity contribution in [3.63, 3.8) is 0 Å². The maximum Gasteiger partial charge on any atom is 0.209 e.